The summed E-state index contributed by atoms with van der Waals surface area (Å²) in [6, 6.07) is 8.64. The number of imidazole rings is 1. The van der Waals surface area contributed by atoms with Crippen LogP contribution >= 0.6 is 0 Å². The van der Waals surface area contributed by atoms with E-state index in [2.05, 4.69) is 15.3 Å². The maximum atomic E-state index is 13.5. The van der Waals surface area contributed by atoms with E-state index in [1.165, 1.54) is 0 Å². The Bertz CT molecular complexity index is 767. The molecule has 102 valence electrons. The van der Waals surface area contributed by atoms with Gasteiger partial charge < -0.3 is 16.0 Å². The lowest BCUT2D eigenvalue weighted by molar-refractivity contribution is 0.587. The molecule has 6 heteroatoms. The van der Waals surface area contributed by atoms with Crippen LogP contribution in [0, 0.1) is 11.6 Å². The second-order valence-corrected chi connectivity index (χ2v) is 4.45. The van der Waals surface area contributed by atoms with Gasteiger partial charge in [0.1, 0.15) is 11.6 Å². The Labute approximate surface area is 113 Å². The molecule has 4 N–H and O–H groups in total. The Balaban J connectivity index is 1.81. The third kappa shape index (κ3) is 2.40. The number of aromatic nitrogens is 2. The minimum Gasteiger partial charge on any atom is -0.399 e. The summed E-state index contributed by atoms with van der Waals surface area (Å²) in [6.45, 7) is 0.138. The van der Waals surface area contributed by atoms with Gasteiger partial charge in [0.15, 0.2) is 0 Å². The number of rotatable bonds is 3. The first-order valence-electron chi connectivity index (χ1n) is 6.05. The Morgan fingerprint density at radius 1 is 1.15 bits per heavy atom. The topological polar surface area (TPSA) is 66.7 Å². The normalized spacial score (nSPS) is 10.9. The molecule has 0 unspecified atom stereocenters. The number of H-pyrrole nitrogens is 1. The molecule has 0 aliphatic rings. The highest BCUT2D eigenvalue weighted by atomic mass is 19.1. The summed E-state index contributed by atoms with van der Waals surface area (Å²) in [5.74, 6) is -0.450. The fourth-order valence-electron chi connectivity index (χ4n) is 1.97. The highest BCUT2D eigenvalue weighted by molar-refractivity contribution is 5.80. The maximum absolute atomic E-state index is 13.5. The molecule has 3 aromatic rings. The number of nitrogen functional groups attached to an aromatic ring is 1. The van der Waals surface area contributed by atoms with Crippen LogP contribution in [0.3, 0.4) is 0 Å². The lowest BCUT2D eigenvalue weighted by atomic mass is 10.2. The van der Waals surface area contributed by atoms with Crippen molar-refractivity contribution in [2.24, 2.45) is 0 Å². The lowest BCUT2D eigenvalue weighted by Gasteiger charge is -2.04. The second-order valence-electron chi connectivity index (χ2n) is 4.45. The molecule has 0 fully saturated rings. The monoisotopic (exact) mass is 274 g/mol. The van der Waals surface area contributed by atoms with Gasteiger partial charge in [-0.1, -0.05) is 0 Å². The smallest absolute Gasteiger partial charge is 0.201 e. The van der Waals surface area contributed by atoms with E-state index in [4.69, 9.17) is 5.73 Å². The molecule has 3 rings (SSSR count). The first-order chi connectivity index (χ1) is 9.61. The van der Waals surface area contributed by atoms with E-state index in [0.717, 1.165) is 29.2 Å². The van der Waals surface area contributed by atoms with Crippen LogP contribution in [0.2, 0.25) is 0 Å². The van der Waals surface area contributed by atoms with E-state index in [0.29, 0.717) is 11.6 Å². The summed E-state index contributed by atoms with van der Waals surface area (Å²) in [5, 5.41) is 2.92. The zero-order valence-electron chi connectivity index (χ0n) is 10.5. The highest BCUT2D eigenvalue weighted by Crippen LogP contribution is 2.18. The van der Waals surface area contributed by atoms with Crippen molar-refractivity contribution in [3.8, 4) is 0 Å². The summed E-state index contributed by atoms with van der Waals surface area (Å²) in [6.07, 6.45) is 0. The van der Waals surface area contributed by atoms with Crippen LogP contribution in [0.15, 0.2) is 36.4 Å². The molecular formula is C14H12F2N4. The molecule has 0 atom stereocenters. The minimum atomic E-state index is -0.472. The fourth-order valence-corrected chi connectivity index (χ4v) is 1.97. The number of hydrogen-bond donors (Lipinski definition) is 3. The van der Waals surface area contributed by atoms with Crippen molar-refractivity contribution in [1.29, 1.82) is 0 Å². The lowest BCUT2D eigenvalue weighted by Crippen LogP contribution is -2.03. The quantitative estimate of drug-likeness (QED) is 0.643. The third-order valence-electron chi connectivity index (χ3n) is 2.96. The van der Waals surface area contributed by atoms with Gasteiger partial charge in [-0.05, 0) is 36.4 Å². The molecule has 0 aliphatic carbocycles. The van der Waals surface area contributed by atoms with Crippen LogP contribution in [-0.2, 0) is 6.54 Å². The van der Waals surface area contributed by atoms with Crippen molar-refractivity contribution >= 4 is 22.7 Å². The van der Waals surface area contributed by atoms with Crippen LogP contribution in [-0.4, -0.2) is 9.97 Å². The van der Waals surface area contributed by atoms with Gasteiger partial charge >= 0.3 is 0 Å². The number of hydrogen-bond acceptors (Lipinski definition) is 3. The van der Waals surface area contributed by atoms with Gasteiger partial charge in [0, 0.05) is 17.8 Å². The van der Waals surface area contributed by atoms with Gasteiger partial charge in [0.05, 0.1) is 11.0 Å². The number of fused-ring (bicyclic) bond motifs is 1. The Morgan fingerprint density at radius 3 is 2.85 bits per heavy atom. The zero-order valence-corrected chi connectivity index (χ0v) is 10.5. The fraction of sp³-hybridized carbons (Fsp3) is 0.0714. The summed E-state index contributed by atoms with van der Waals surface area (Å²) in [5.41, 5.74) is 8.08. The van der Waals surface area contributed by atoms with Gasteiger partial charge in [-0.2, -0.15) is 0 Å². The number of halogens is 2. The SMILES string of the molecule is Nc1ccc2nc(NCc3cc(F)ccc3F)[nH]c2c1. The molecule has 1 aromatic heterocycles. The number of anilines is 2. The minimum absolute atomic E-state index is 0.138. The average molecular weight is 274 g/mol. The molecule has 0 spiro atoms. The summed E-state index contributed by atoms with van der Waals surface area (Å²) >= 11 is 0. The van der Waals surface area contributed by atoms with E-state index >= 15 is 0 Å². The molecule has 0 aliphatic heterocycles. The molecule has 1 heterocycles. The van der Waals surface area contributed by atoms with Crippen molar-refractivity contribution < 1.29 is 8.78 Å². The van der Waals surface area contributed by atoms with Crippen LogP contribution in [0.25, 0.3) is 11.0 Å². The highest BCUT2D eigenvalue weighted by Gasteiger charge is 2.06. The molecule has 20 heavy (non-hydrogen) atoms. The summed E-state index contributed by atoms with van der Waals surface area (Å²) in [7, 11) is 0. The number of nitrogens with zero attached hydrogens (tertiary/aromatic N) is 1. The van der Waals surface area contributed by atoms with E-state index in [1.54, 1.807) is 18.2 Å². The Kier molecular flexibility index (Phi) is 2.98. The van der Waals surface area contributed by atoms with Gasteiger partial charge in [-0.25, -0.2) is 13.8 Å². The predicted molar refractivity (Wildman–Crippen MR) is 74.2 cm³/mol. The van der Waals surface area contributed by atoms with Crippen LogP contribution in [0.4, 0.5) is 20.4 Å². The van der Waals surface area contributed by atoms with Crippen molar-refractivity contribution in [2.45, 2.75) is 6.54 Å². The molecule has 0 saturated heterocycles. The largest absolute Gasteiger partial charge is 0.399 e. The summed E-state index contributed by atoms with van der Waals surface area (Å²) in [4.78, 5) is 7.30. The number of nitrogens with two attached hydrogens (primary N) is 1. The van der Waals surface area contributed by atoms with E-state index in [-0.39, 0.29) is 12.1 Å². The van der Waals surface area contributed by atoms with E-state index in [9.17, 15) is 8.78 Å². The van der Waals surface area contributed by atoms with E-state index < -0.39 is 11.6 Å². The van der Waals surface area contributed by atoms with Crippen molar-refractivity contribution in [3.05, 3.63) is 53.6 Å². The standard InChI is InChI=1S/C14H12F2N4/c15-9-1-3-11(16)8(5-9)7-18-14-19-12-4-2-10(17)6-13(12)20-14/h1-6H,7,17H2,(H2,18,19,20). The van der Waals surface area contributed by atoms with Crippen molar-refractivity contribution in [1.82, 2.24) is 9.97 Å². The predicted octanol–water partition coefficient (Wildman–Crippen LogP) is 3.04. The van der Waals surface area contributed by atoms with Gasteiger partial charge in [-0.3, -0.25) is 0 Å². The first-order valence-corrected chi connectivity index (χ1v) is 6.05. The number of benzene rings is 2. The zero-order chi connectivity index (χ0) is 14.1. The van der Waals surface area contributed by atoms with Crippen LogP contribution < -0.4 is 11.1 Å². The Morgan fingerprint density at radius 2 is 2.00 bits per heavy atom. The van der Waals surface area contributed by atoms with Crippen LogP contribution in [0.5, 0.6) is 0 Å². The molecule has 0 radical (unpaired) electrons. The molecule has 0 bridgehead atoms. The van der Waals surface area contributed by atoms with E-state index in [1.807, 2.05) is 0 Å². The Hall–Kier alpha value is -2.63. The number of nitrogens with one attached hydrogen (secondary N) is 2. The number of aromatic amines is 1. The molecule has 0 saturated carbocycles. The van der Waals surface area contributed by atoms with Gasteiger partial charge in [0.2, 0.25) is 5.95 Å². The van der Waals surface area contributed by atoms with Gasteiger partial charge in [0.25, 0.3) is 0 Å². The molecule has 2 aromatic carbocycles. The summed E-state index contributed by atoms with van der Waals surface area (Å²) < 4.78 is 26.5. The third-order valence-corrected chi connectivity index (χ3v) is 2.96. The van der Waals surface area contributed by atoms with Crippen LogP contribution in [0.1, 0.15) is 5.56 Å². The maximum Gasteiger partial charge on any atom is 0.201 e. The molecular weight excluding hydrogens is 262 g/mol. The van der Waals surface area contributed by atoms with Crippen molar-refractivity contribution in [2.75, 3.05) is 11.1 Å². The molecule has 0 amide bonds. The van der Waals surface area contributed by atoms with Gasteiger partial charge in [-0.15, -0.1) is 0 Å². The van der Waals surface area contributed by atoms with Crippen molar-refractivity contribution in [3.63, 3.8) is 0 Å². The second kappa shape index (κ2) is 4.80. The average Bonchev–Trinajstić information content (AvgIpc) is 2.81. The first kappa shape index (κ1) is 12.4. The molecule has 4 nitrogen and oxygen atoms in total.